The molecule has 0 saturated carbocycles. The van der Waals surface area contributed by atoms with Gasteiger partial charge in [0.15, 0.2) is 6.17 Å². The number of hydrogen-bond acceptors (Lipinski definition) is 0. The molecule has 0 aliphatic heterocycles. The third-order valence-corrected chi connectivity index (χ3v) is 1.39. The molecule has 0 nitrogen and oxygen atoms in total. The Labute approximate surface area is 61.0 Å². The predicted octanol–water partition coefficient (Wildman–Crippen LogP) is 2.65. The van der Waals surface area contributed by atoms with Crippen molar-refractivity contribution in [3.8, 4) is 0 Å². The molecule has 1 unspecified atom stereocenters. The predicted molar refractivity (Wildman–Crippen MR) is 32.9 cm³/mol. The fourth-order valence-electron chi connectivity index (χ4n) is 0.589. The molecule has 1 aliphatic rings. The van der Waals surface area contributed by atoms with Crippen LogP contribution in [0.2, 0.25) is 0 Å². The highest BCUT2D eigenvalue weighted by molar-refractivity contribution is 6.31. The zero-order valence-electron chi connectivity index (χ0n) is 4.82. The second kappa shape index (κ2) is 2.31. The molecule has 1 rings (SSSR count). The van der Waals surface area contributed by atoms with E-state index in [-0.39, 0.29) is 5.03 Å². The Morgan fingerprint density at radius 3 is 2.50 bits per heavy atom. The molecule has 0 aromatic heterocycles. The van der Waals surface area contributed by atoms with Gasteiger partial charge in [-0.1, -0.05) is 11.6 Å². The van der Waals surface area contributed by atoms with Crippen LogP contribution < -0.4 is 0 Å². The van der Waals surface area contributed by atoms with Crippen LogP contribution in [0.1, 0.15) is 0 Å². The van der Waals surface area contributed by atoms with Crippen molar-refractivity contribution in [1.29, 1.82) is 0 Å². The number of alkyl halides is 3. The van der Waals surface area contributed by atoms with E-state index in [1.807, 2.05) is 0 Å². The van der Waals surface area contributed by atoms with Gasteiger partial charge in [-0.3, -0.25) is 0 Å². The summed E-state index contributed by atoms with van der Waals surface area (Å²) in [6, 6.07) is 0. The van der Waals surface area contributed by atoms with Gasteiger partial charge in [-0.2, -0.15) is 8.78 Å². The second-order valence-corrected chi connectivity index (χ2v) is 2.40. The van der Waals surface area contributed by atoms with E-state index in [9.17, 15) is 13.2 Å². The van der Waals surface area contributed by atoms with Gasteiger partial charge in [-0.15, -0.1) is 0 Å². The molecule has 0 saturated heterocycles. The van der Waals surface area contributed by atoms with Gasteiger partial charge in [0.25, 0.3) is 0 Å². The molecule has 4 heteroatoms. The van der Waals surface area contributed by atoms with Crippen LogP contribution in [0.15, 0.2) is 23.3 Å². The van der Waals surface area contributed by atoms with Crippen molar-refractivity contribution < 1.29 is 13.2 Å². The Hall–Kier alpha value is -0.440. The van der Waals surface area contributed by atoms with Gasteiger partial charge >= 0.3 is 5.92 Å². The van der Waals surface area contributed by atoms with Crippen molar-refractivity contribution in [2.24, 2.45) is 0 Å². The SMILES string of the molecule is FC1C=C(Cl)C=CC1(F)F. The third-order valence-electron chi connectivity index (χ3n) is 1.14. The summed E-state index contributed by atoms with van der Waals surface area (Å²) >= 11 is 5.24. The van der Waals surface area contributed by atoms with Crippen LogP contribution in [-0.4, -0.2) is 12.1 Å². The molecular formula is C6H4ClF3. The van der Waals surface area contributed by atoms with Crippen molar-refractivity contribution >= 4 is 11.6 Å². The van der Waals surface area contributed by atoms with E-state index in [4.69, 9.17) is 11.6 Å². The van der Waals surface area contributed by atoms with Crippen LogP contribution >= 0.6 is 11.6 Å². The molecule has 56 valence electrons. The minimum atomic E-state index is -3.39. The first-order valence-corrected chi connectivity index (χ1v) is 2.98. The lowest BCUT2D eigenvalue weighted by Gasteiger charge is -2.16. The lowest BCUT2D eigenvalue weighted by atomic mass is 10.1. The van der Waals surface area contributed by atoms with E-state index >= 15 is 0 Å². The van der Waals surface area contributed by atoms with Crippen LogP contribution in [0.25, 0.3) is 0 Å². The highest BCUT2D eigenvalue weighted by Crippen LogP contribution is 2.30. The molecule has 1 atom stereocenters. The molecule has 0 radical (unpaired) electrons. The first kappa shape index (κ1) is 7.66. The maximum absolute atomic E-state index is 12.2. The van der Waals surface area contributed by atoms with E-state index in [0.29, 0.717) is 12.2 Å². The van der Waals surface area contributed by atoms with Crippen LogP contribution in [0.4, 0.5) is 13.2 Å². The third kappa shape index (κ3) is 1.34. The van der Waals surface area contributed by atoms with Crippen molar-refractivity contribution in [3.05, 3.63) is 23.3 Å². The molecule has 1 aliphatic carbocycles. The highest BCUT2D eigenvalue weighted by Gasteiger charge is 2.37. The normalized spacial score (nSPS) is 30.0. The zero-order chi connectivity index (χ0) is 7.78. The molecule has 0 heterocycles. The molecular weight excluding hydrogens is 165 g/mol. The van der Waals surface area contributed by atoms with E-state index < -0.39 is 12.1 Å². The summed E-state index contributed by atoms with van der Waals surface area (Å²) < 4.78 is 36.7. The van der Waals surface area contributed by atoms with Gasteiger partial charge in [-0.05, 0) is 18.2 Å². The van der Waals surface area contributed by atoms with Gasteiger partial charge in [0.05, 0.1) is 0 Å². The first-order chi connectivity index (χ1) is 4.52. The quantitative estimate of drug-likeness (QED) is 0.522. The smallest absolute Gasteiger partial charge is 0.236 e. The van der Waals surface area contributed by atoms with Crippen LogP contribution in [0.5, 0.6) is 0 Å². The molecule has 0 amide bonds. The standard InChI is InChI=1S/C6H4ClF3/c7-4-1-2-6(9,10)5(8)3-4/h1-3,5H. The fourth-order valence-corrected chi connectivity index (χ4v) is 0.763. The largest absolute Gasteiger partial charge is 0.301 e. The fraction of sp³-hybridized carbons (Fsp3) is 0.333. The van der Waals surface area contributed by atoms with Crippen molar-refractivity contribution in [2.45, 2.75) is 12.1 Å². The number of hydrogen-bond donors (Lipinski definition) is 0. The van der Waals surface area contributed by atoms with Gasteiger partial charge < -0.3 is 0 Å². The summed E-state index contributed by atoms with van der Waals surface area (Å²) in [5.74, 6) is -3.39. The summed E-state index contributed by atoms with van der Waals surface area (Å²) in [5, 5.41) is 0.0124. The van der Waals surface area contributed by atoms with Gasteiger partial charge in [0.2, 0.25) is 0 Å². The maximum Gasteiger partial charge on any atom is 0.301 e. The molecule has 0 fully saturated rings. The Bertz CT molecular complexity index is 195. The summed E-state index contributed by atoms with van der Waals surface area (Å²) in [4.78, 5) is 0. The van der Waals surface area contributed by atoms with Crippen LogP contribution in [0.3, 0.4) is 0 Å². The zero-order valence-corrected chi connectivity index (χ0v) is 5.58. The van der Waals surface area contributed by atoms with E-state index in [0.717, 1.165) is 6.08 Å². The van der Waals surface area contributed by atoms with Crippen molar-refractivity contribution in [1.82, 2.24) is 0 Å². The van der Waals surface area contributed by atoms with Crippen molar-refractivity contribution in [2.75, 3.05) is 0 Å². The number of halogens is 4. The Morgan fingerprint density at radius 1 is 1.50 bits per heavy atom. The minimum Gasteiger partial charge on any atom is -0.236 e. The molecule has 0 N–H and O–H groups in total. The summed E-state index contributed by atoms with van der Waals surface area (Å²) in [5.41, 5.74) is 0. The Kier molecular flexibility index (Phi) is 1.77. The summed E-state index contributed by atoms with van der Waals surface area (Å²) in [6.07, 6.45) is -0.163. The first-order valence-electron chi connectivity index (χ1n) is 2.61. The molecule has 0 aromatic carbocycles. The molecule has 0 bridgehead atoms. The minimum absolute atomic E-state index is 0.0124. The monoisotopic (exact) mass is 168 g/mol. The van der Waals surface area contributed by atoms with Crippen molar-refractivity contribution in [3.63, 3.8) is 0 Å². The summed E-state index contributed by atoms with van der Waals surface area (Å²) in [7, 11) is 0. The molecule has 0 aromatic rings. The second-order valence-electron chi connectivity index (χ2n) is 1.96. The maximum atomic E-state index is 12.2. The van der Waals surface area contributed by atoms with E-state index in [2.05, 4.69) is 0 Å². The Morgan fingerprint density at radius 2 is 2.10 bits per heavy atom. The summed E-state index contributed by atoms with van der Waals surface area (Å²) in [6.45, 7) is 0. The number of allylic oxidation sites excluding steroid dienone is 4. The average molecular weight is 169 g/mol. The topological polar surface area (TPSA) is 0 Å². The van der Waals surface area contributed by atoms with E-state index in [1.165, 1.54) is 0 Å². The molecule has 10 heavy (non-hydrogen) atoms. The molecule has 0 spiro atoms. The van der Waals surface area contributed by atoms with Crippen LogP contribution in [-0.2, 0) is 0 Å². The van der Waals surface area contributed by atoms with Gasteiger partial charge in [0.1, 0.15) is 0 Å². The average Bonchev–Trinajstić information content (AvgIpc) is 1.81. The Balaban J connectivity index is 2.84. The van der Waals surface area contributed by atoms with Gasteiger partial charge in [-0.25, -0.2) is 4.39 Å². The number of rotatable bonds is 0. The van der Waals surface area contributed by atoms with Gasteiger partial charge in [0, 0.05) is 5.03 Å². The highest BCUT2D eigenvalue weighted by atomic mass is 35.5. The lowest BCUT2D eigenvalue weighted by molar-refractivity contribution is -0.00767. The van der Waals surface area contributed by atoms with E-state index in [1.54, 1.807) is 0 Å². The lowest BCUT2D eigenvalue weighted by Crippen LogP contribution is -2.27. The van der Waals surface area contributed by atoms with Crippen LogP contribution in [0, 0.1) is 0 Å².